The molecule has 6 nitrogen and oxygen atoms in total. The SMILES string of the molecule is C=CCOC(=O)Nc1ccc2c(C(=O)O)c[nH]c2c1. The Kier molecular flexibility index (Phi) is 3.51. The third kappa shape index (κ3) is 2.74. The van der Waals surface area contributed by atoms with Crippen molar-refractivity contribution >= 4 is 28.7 Å². The van der Waals surface area contributed by atoms with Crippen molar-refractivity contribution in [2.45, 2.75) is 0 Å². The van der Waals surface area contributed by atoms with Crippen molar-refractivity contribution < 1.29 is 19.4 Å². The van der Waals surface area contributed by atoms with Gasteiger partial charge in [0.1, 0.15) is 6.61 Å². The number of hydrogen-bond acceptors (Lipinski definition) is 3. The molecule has 19 heavy (non-hydrogen) atoms. The predicted molar refractivity (Wildman–Crippen MR) is 70.4 cm³/mol. The molecule has 2 aromatic rings. The zero-order chi connectivity index (χ0) is 13.8. The van der Waals surface area contributed by atoms with Crippen molar-refractivity contribution in [3.63, 3.8) is 0 Å². The maximum Gasteiger partial charge on any atom is 0.411 e. The molecule has 1 aromatic heterocycles. The minimum atomic E-state index is -1.00. The average Bonchev–Trinajstić information content (AvgIpc) is 2.79. The van der Waals surface area contributed by atoms with Gasteiger partial charge >= 0.3 is 12.1 Å². The molecule has 0 aliphatic heterocycles. The molecule has 6 heteroatoms. The summed E-state index contributed by atoms with van der Waals surface area (Å²) in [5, 5.41) is 12.1. The summed E-state index contributed by atoms with van der Waals surface area (Å²) in [6.07, 6.45) is 2.28. The van der Waals surface area contributed by atoms with Gasteiger partial charge in [-0.15, -0.1) is 0 Å². The van der Waals surface area contributed by atoms with Crippen molar-refractivity contribution in [1.29, 1.82) is 0 Å². The molecule has 0 unspecified atom stereocenters. The van der Waals surface area contributed by atoms with Gasteiger partial charge in [0.05, 0.1) is 5.56 Å². The summed E-state index contributed by atoms with van der Waals surface area (Å²) in [5.41, 5.74) is 1.33. The van der Waals surface area contributed by atoms with E-state index in [-0.39, 0.29) is 12.2 Å². The van der Waals surface area contributed by atoms with Crippen LogP contribution in [0.4, 0.5) is 10.5 Å². The summed E-state index contributed by atoms with van der Waals surface area (Å²) in [6.45, 7) is 3.56. The number of nitrogens with one attached hydrogen (secondary N) is 2. The van der Waals surface area contributed by atoms with E-state index in [0.717, 1.165) is 0 Å². The van der Waals surface area contributed by atoms with E-state index >= 15 is 0 Å². The molecule has 1 amide bonds. The highest BCUT2D eigenvalue weighted by Crippen LogP contribution is 2.22. The lowest BCUT2D eigenvalue weighted by Crippen LogP contribution is -2.13. The third-order valence-electron chi connectivity index (χ3n) is 2.49. The van der Waals surface area contributed by atoms with Crippen LogP contribution in [0, 0.1) is 0 Å². The van der Waals surface area contributed by atoms with E-state index in [4.69, 9.17) is 9.84 Å². The summed E-state index contributed by atoms with van der Waals surface area (Å²) in [5.74, 6) is -1.00. The summed E-state index contributed by atoms with van der Waals surface area (Å²) in [7, 11) is 0. The predicted octanol–water partition coefficient (Wildman–Crippen LogP) is 2.60. The number of aromatic nitrogens is 1. The van der Waals surface area contributed by atoms with Gasteiger partial charge in [-0.1, -0.05) is 12.7 Å². The Labute approximate surface area is 108 Å². The van der Waals surface area contributed by atoms with Crippen LogP contribution >= 0.6 is 0 Å². The number of carboxylic acid groups (broad SMARTS) is 1. The lowest BCUT2D eigenvalue weighted by atomic mass is 10.1. The molecule has 0 bridgehead atoms. The monoisotopic (exact) mass is 260 g/mol. The second-order valence-electron chi connectivity index (χ2n) is 3.78. The van der Waals surface area contributed by atoms with Gasteiger partial charge in [-0.25, -0.2) is 9.59 Å². The number of H-pyrrole nitrogens is 1. The lowest BCUT2D eigenvalue weighted by Gasteiger charge is -2.05. The number of rotatable bonds is 4. The molecule has 0 aliphatic rings. The Hall–Kier alpha value is -2.76. The molecule has 1 heterocycles. The van der Waals surface area contributed by atoms with E-state index in [1.165, 1.54) is 12.3 Å². The van der Waals surface area contributed by atoms with Gasteiger partial charge in [-0.05, 0) is 18.2 Å². The Balaban J connectivity index is 2.20. The zero-order valence-electron chi connectivity index (χ0n) is 9.97. The van der Waals surface area contributed by atoms with Gasteiger partial charge in [0.25, 0.3) is 0 Å². The zero-order valence-corrected chi connectivity index (χ0v) is 9.97. The van der Waals surface area contributed by atoms with Gasteiger partial charge in [0.15, 0.2) is 0 Å². The van der Waals surface area contributed by atoms with Gasteiger partial charge in [-0.2, -0.15) is 0 Å². The highest BCUT2D eigenvalue weighted by atomic mass is 16.5. The summed E-state index contributed by atoms with van der Waals surface area (Å²) in [6, 6.07) is 4.87. The Morgan fingerprint density at radius 1 is 1.47 bits per heavy atom. The first-order chi connectivity index (χ1) is 9.11. The molecule has 98 valence electrons. The topological polar surface area (TPSA) is 91.4 Å². The fourth-order valence-electron chi connectivity index (χ4n) is 1.67. The number of carbonyl (C=O) groups is 2. The van der Waals surface area contributed by atoms with Crippen molar-refractivity contribution in [2.75, 3.05) is 11.9 Å². The second kappa shape index (κ2) is 5.26. The third-order valence-corrected chi connectivity index (χ3v) is 2.49. The number of fused-ring (bicyclic) bond motifs is 1. The second-order valence-corrected chi connectivity index (χ2v) is 3.78. The van der Waals surface area contributed by atoms with E-state index in [0.29, 0.717) is 16.6 Å². The van der Waals surface area contributed by atoms with Crippen LogP contribution < -0.4 is 5.32 Å². The molecule has 1 aromatic carbocycles. The Morgan fingerprint density at radius 2 is 2.26 bits per heavy atom. The van der Waals surface area contributed by atoms with Crippen LogP contribution in [0.3, 0.4) is 0 Å². The standard InChI is InChI=1S/C13H12N2O4/c1-2-5-19-13(18)15-8-3-4-9-10(12(16)17)7-14-11(9)6-8/h2-4,6-7,14H,1,5H2,(H,15,18)(H,16,17). The minimum Gasteiger partial charge on any atom is -0.478 e. The number of ether oxygens (including phenoxy) is 1. The first kappa shape index (κ1) is 12.7. The molecular formula is C13H12N2O4. The number of aromatic amines is 1. The molecule has 0 saturated carbocycles. The number of anilines is 1. The van der Waals surface area contributed by atoms with Crippen molar-refractivity contribution in [2.24, 2.45) is 0 Å². The summed E-state index contributed by atoms with van der Waals surface area (Å²) in [4.78, 5) is 25.1. The van der Waals surface area contributed by atoms with E-state index in [1.807, 2.05) is 0 Å². The molecule has 0 spiro atoms. The quantitative estimate of drug-likeness (QED) is 0.737. The molecule has 0 aliphatic carbocycles. The van der Waals surface area contributed by atoms with Gasteiger partial charge < -0.3 is 14.8 Å². The van der Waals surface area contributed by atoms with Crippen molar-refractivity contribution in [3.8, 4) is 0 Å². The molecule has 0 fully saturated rings. The van der Waals surface area contributed by atoms with E-state index in [1.54, 1.807) is 18.2 Å². The van der Waals surface area contributed by atoms with Crippen LogP contribution in [-0.2, 0) is 4.74 Å². The summed E-state index contributed by atoms with van der Waals surface area (Å²) >= 11 is 0. The van der Waals surface area contributed by atoms with E-state index < -0.39 is 12.1 Å². The molecule has 0 radical (unpaired) electrons. The number of hydrogen-bond donors (Lipinski definition) is 3. The minimum absolute atomic E-state index is 0.125. The van der Waals surface area contributed by atoms with Gasteiger partial charge in [0.2, 0.25) is 0 Å². The van der Waals surface area contributed by atoms with Gasteiger partial charge in [-0.3, -0.25) is 5.32 Å². The largest absolute Gasteiger partial charge is 0.478 e. The van der Waals surface area contributed by atoms with Crippen molar-refractivity contribution in [1.82, 2.24) is 4.98 Å². The molecular weight excluding hydrogens is 248 g/mol. The molecule has 3 N–H and O–H groups in total. The van der Waals surface area contributed by atoms with Crippen molar-refractivity contribution in [3.05, 3.63) is 42.6 Å². The van der Waals surface area contributed by atoms with Crippen LogP contribution in [0.1, 0.15) is 10.4 Å². The molecule has 2 rings (SSSR count). The number of carbonyl (C=O) groups excluding carboxylic acids is 1. The number of aromatic carboxylic acids is 1. The van der Waals surface area contributed by atoms with Gasteiger partial charge in [0, 0.05) is 22.8 Å². The highest BCUT2D eigenvalue weighted by Gasteiger charge is 2.11. The van der Waals surface area contributed by atoms with E-state index in [2.05, 4.69) is 16.9 Å². The fraction of sp³-hybridized carbons (Fsp3) is 0.0769. The molecule has 0 saturated heterocycles. The Morgan fingerprint density at radius 3 is 2.95 bits per heavy atom. The van der Waals surface area contributed by atoms with Crippen LogP contribution in [0.25, 0.3) is 10.9 Å². The highest BCUT2D eigenvalue weighted by molar-refractivity contribution is 6.04. The summed E-state index contributed by atoms with van der Waals surface area (Å²) < 4.78 is 4.78. The van der Waals surface area contributed by atoms with Crippen LogP contribution in [0.5, 0.6) is 0 Å². The smallest absolute Gasteiger partial charge is 0.411 e. The number of carboxylic acids is 1. The first-order valence-corrected chi connectivity index (χ1v) is 5.51. The van der Waals surface area contributed by atoms with E-state index in [9.17, 15) is 9.59 Å². The first-order valence-electron chi connectivity index (χ1n) is 5.51. The fourth-order valence-corrected chi connectivity index (χ4v) is 1.67. The number of amides is 1. The maximum absolute atomic E-state index is 11.3. The number of benzene rings is 1. The van der Waals surface area contributed by atoms with Crippen LogP contribution in [0.2, 0.25) is 0 Å². The normalized spacial score (nSPS) is 10.1. The Bertz CT molecular complexity index is 645. The van der Waals surface area contributed by atoms with Crippen LogP contribution in [-0.4, -0.2) is 28.8 Å². The lowest BCUT2D eigenvalue weighted by molar-refractivity contribution is 0.0699. The maximum atomic E-state index is 11.3. The molecule has 0 atom stereocenters. The van der Waals surface area contributed by atoms with Crippen LogP contribution in [0.15, 0.2) is 37.1 Å². The average molecular weight is 260 g/mol.